The first-order chi connectivity index (χ1) is 13.1. The minimum absolute atomic E-state index is 0.134. The summed E-state index contributed by atoms with van der Waals surface area (Å²) in [6.07, 6.45) is -4.91. The number of nitrogens with one attached hydrogen (secondary N) is 1. The molecule has 0 spiro atoms. The van der Waals surface area contributed by atoms with Gasteiger partial charge in [0, 0.05) is 11.1 Å². The van der Waals surface area contributed by atoms with Gasteiger partial charge in [0.2, 0.25) is 0 Å². The van der Waals surface area contributed by atoms with E-state index in [1.807, 2.05) is 0 Å². The van der Waals surface area contributed by atoms with Gasteiger partial charge in [-0.25, -0.2) is 0 Å². The molecule has 0 atom stereocenters. The fourth-order valence-corrected chi connectivity index (χ4v) is 2.24. The van der Waals surface area contributed by atoms with E-state index in [-0.39, 0.29) is 6.42 Å². The van der Waals surface area contributed by atoms with E-state index in [0.29, 0.717) is 22.7 Å². The summed E-state index contributed by atoms with van der Waals surface area (Å²) in [6.45, 7) is -0.759. The fourth-order valence-electron chi connectivity index (χ4n) is 2.12. The number of anilines is 1. The minimum atomic E-state index is -4.77. The third-order valence-electron chi connectivity index (χ3n) is 3.42. The molecule has 2 aromatic rings. The minimum Gasteiger partial charge on any atom is -0.455 e. The number of nitrogens with zero attached hydrogens (tertiary/aromatic N) is 1. The molecule has 2 aromatic carbocycles. The van der Waals surface area contributed by atoms with Gasteiger partial charge in [0.05, 0.1) is 16.9 Å². The number of hydrogen-bond acceptors (Lipinski definition) is 5. The Morgan fingerprint density at radius 3 is 2.36 bits per heavy atom. The summed E-state index contributed by atoms with van der Waals surface area (Å²) in [7, 11) is 0. The Morgan fingerprint density at radius 2 is 1.79 bits per heavy atom. The number of hydrogen-bond donors (Lipinski definition) is 1. The van der Waals surface area contributed by atoms with Crippen LogP contribution in [0.15, 0.2) is 42.5 Å². The number of rotatable bonds is 6. The Balaban J connectivity index is 1.97. The average Bonchev–Trinajstić information content (AvgIpc) is 2.61. The Morgan fingerprint density at radius 1 is 1.14 bits per heavy atom. The molecule has 148 valence electrons. The van der Waals surface area contributed by atoms with Crippen molar-refractivity contribution in [3.63, 3.8) is 0 Å². The molecule has 0 saturated carbocycles. The summed E-state index contributed by atoms with van der Waals surface area (Å²) < 4.78 is 42.7. The largest absolute Gasteiger partial charge is 0.455 e. The van der Waals surface area contributed by atoms with Crippen molar-refractivity contribution >= 4 is 34.9 Å². The summed E-state index contributed by atoms with van der Waals surface area (Å²) >= 11 is 5.72. The first-order valence-electron chi connectivity index (χ1n) is 7.62. The highest BCUT2D eigenvalue weighted by Crippen LogP contribution is 2.34. The third-order valence-corrected chi connectivity index (χ3v) is 3.67. The number of carbonyl (C=O) groups excluding carboxylic acids is 2. The summed E-state index contributed by atoms with van der Waals surface area (Å²) in [5, 5.41) is 13.5. The van der Waals surface area contributed by atoms with Gasteiger partial charge in [-0.2, -0.15) is 13.2 Å². The van der Waals surface area contributed by atoms with Gasteiger partial charge < -0.3 is 10.1 Å². The van der Waals surface area contributed by atoms with Gasteiger partial charge in [-0.05, 0) is 29.8 Å². The molecule has 2 rings (SSSR count). The van der Waals surface area contributed by atoms with Gasteiger partial charge in [-0.1, -0.05) is 23.7 Å². The van der Waals surface area contributed by atoms with Crippen molar-refractivity contribution in [3.8, 4) is 0 Å². The van der Waals surface area contributed by atoms with E-state index in [9.17, 15) is 32.9 Å². The molecule has 0 aliphatic heterocycles. The molecule has 11 heteroatoms. The molecular weight excluding hydrogens is 405 g/mol. The van der Waals surface area contributed by atoms with Crippen LogP contribution in [0.4, 0.5) is 24.5 Å². The standard InChI is InChI=1S/C17H12ClF3N2O5/c18-12-4-1-10(2-5-12)7-16(25)28-9-15(24)22-13-6-3-11(17(19,20)21)8-14(13)23(26)27/h1-6,8H,7,9H2,(H,22,24). The predicted molar refractivity (Wildman–Crippen MR) is 92.8 cm³/mol. The smallest absolute Gasteiger partial charge is 0.416 e. The second-order valence-corrected chi connectivity index (χ2v) is 5.94. The Hall–Kier alpha value is -3.14. The lowest BCUT2D eigenvalue weighted by atomic mass is 10.1. The van der Waals surface area contributed by atoms with E-state index in [0.717, 1.165) is 6.07 Å². The monoisotopic (exact) mass is 416 g/mol. The van der Waals surface area contributed by atoms with E-state index in [1.54, 1.807) is 24.3 Å². The second-order valence-electron chi connectivity index (χ2n) is 5.50. The highest BCUT2D eigenvalue weighted by molar-refractivity contribution is 6.30. The van der Waals surface area contributed by atoms with E-state index in [4.69, 9.17) is 16.3 Å². The zero-order chi connectivity index (χ0) is 20.9. The van der Waals surface area contributed by atoms with Crippen LogP contribution < -0.4 is 5.32 Å². The number of amides is 1. The molecular formula is C17H12ClF3N2O5. The molecule has 0 fully saturated rings. The number of benzene rings is 2. The van der Waals surface area contributed by atoms with Crippen molar-refractivity contribution in [2.24, 2.45) is 0 Å². The van der Waals surface area contributed by atoms with Crippen LogP contribution in [0.3, 0.4) is 0 Å². The summed E-state index contributed by atoms with van der Waals surface area (Å²) in [6, 6.07) is 7.98. The lowest BCUT2D eigenvalue weighted by molar-refractivity contribution is -0.384. The zero-order valence-corrected chi connectivity index (χ0v) is 14.7. The fraction of sp³-hybridized carbons (Fsp3) is 0.176. The van der Waals surface area contributed by atoms with Gasteiger partial charge in [-0.15, -0.1) is 0 Å². The number of nitro groups is 1. The van der Waals surface area contributed by atoms with Crippen molar-refractivity contribution in [1.29, 1.82) is 0 Å². The van der Waals surface area contributed by atoms with Gasteiger partial charge in [0.15, 0.2) is 6.61 Å². The van der Waals surface area contributed by atoms with E-state index in [1.165, 1.54) is 0 Å². The van der Waals surface area contributed by atoms with Crippen LogP contribution >= 0.6 is 11.6 Å². The summed E-state index contributed by atoms with van der Waals surface area (Å²) in [5.41, 5.74) is -2.02. The van der Waals surface area contributed by atoms with Gasteiger partial charge in [0.25, 0.3) is 11.6 Å². The van der Waals surface area contributed by atoms with Gasteiger partial charge in [-0.3, -0.25) is 19.7 Å². The molecule has 0 bridgehead atoms. The number of alkyl halides is 3. The maximum absolute atomic E-state index is 12.7. The molecule has 0 aliphatic rings. The molecule has 1 N–H and O–H groups in total. The predicted octanol–water partition coefficient (Wildman–Crippen LogP) is 3.99. The van der Waals surface area contributed by atoms with Crippen LogP contribution in [0.5, 0.6) is 0 Å². The highest BCUT2D eigenvalue weighted by atomic mass is 35.5. The molecule has 1 amide bonds. The van der Waals surface area contributed by atoms with E-state index >= 15 is 0 Å². The maximum Gasteiger partial charge on any atom is 0.416 e. The highest BCUT2D eigenvalue weighted by Gasteiger charge is 2.33. The van der Waals surface area contributed by atoms with Crippen molar-refractivity contribution in [3.05, 3.63) is 68.7 Å². The molecule has 0 saturated heterocycles. The molecule has 0 heterocycles. The zero-order valence-electron chi connectivity index (χ0n) is 14.0. The topological polar surface area (TPSA) is 98.5 Å². The quantitative estimate of drug-likeness (QED) is 0.436. The SMILES string of the molecule is O=C(COC(=O)Cc1ccc(Cl)cc1)Nc1ccc(C(F)(F)F)cc1[N+](=O)[O-]. The molecule has 28 heavy (non-hydrogen) atoms. The Bertz CT molecular complexity index is 901. The molecule has 0 radical (unpaired) electrons. The van der Waals surface area contributed by atoms with Crippen LogP contribution in [-0.4, -0.2) is 23.4 Å². The summed E-state index contributed by atoms with van der Waals surface area (Å²) in [4.78, 5) is 33.4. The molecule has 0 aliphatic carbocycles. The Kier molecular flexibility index (Phi) is 6.57. The lowest BCUT2D eigenvalue weighted by Gasteiger charge is -2.10. The average molecular weight is 417 g/mol. The summed E-state index contributed by atoms with van der Waals surface area (Å²) in [5.74, 6) is -1.67. The number of halogens is 4. The normalized spacial score (nSPS) is 11.0. The van der Waals surface area contributed by atoms with Gasteiger partial charge in [0.1, 0.15) is 5.69 Å². The van der Waals surface area contributed by atoms with E-state index < -0.39 is 46.5 Å². The number of nitro benzene ring substituents is 1. The molecule has 7 nitrogen and oxygen atoms in total. The van der Waals surface area contributed by atoms with Crippen molar-refractivity contribution in [2.45, 2.75) is 12.6 Å². The van der Waals surface area contributed by atoms with Crippen molar-refractivity contribution in [2.75, 3.05) is 11.9 Å². The Labute approximate surface area is 161 Å². The van der Waals surface area contributed by atoms with Crippen LogP contribution in [-0.2, 0) is 26.9 Å². The van der Waals surface area contributed by atoms with Crippen molar-refractivity contribution < 1.29 is 32.4 Å². The second kappa shape index (κ2) is 8.70. The van der Waals surface area contributed by atoms with E-state index in [2.05, 4.69) is 5.32 Å². The lowest BCUT2D eigenvalue weighted by Crippen LogP contribution is -2.22. The maximum atomic E-state index is 12.7. The van der Waals surface area contributed by atoms with Crippen molar-refractivity contribution in [1.82, 2.24) is 0 Å². The first-order valence-corrected chi connectivity index (χ1v) is 7.99. The van der Waals surface area contributed by atoms with Gasteiger partial charge >= 0.3 is 12.1 Å². The number of carbonyl (C=O) groups is 2. The first kappa shape index (κ1) is 21.2. The van der Waals surface area contributed by atoms with Crippen LogP contribution in [0, 0.1) is 10.1 Å². The van der Waals surface area contributed by atoms with Crippen LogP contribution in [0.25, 0.3) is 0 Å². The third kappa shape index (κ3) is 5.95. The number of esters is 1. The molecule has 0 aromatic heterocycles. The van der Waals surface area contributed by atoms with Crippen LogP contribution in [0.2, 0.25) is 5.02 Å². The number of ether oxygens (including phenoxy) is 1. The van der Waals surface area contributed by atoms with Crippen LogP contribution in [0.1, 0.15) is 11.1 Å². The molecule has 0 unspecified atom stereocenters.